The van der Waals surface area contributed by atoms with Gasteiger partial charge in [-0.2, -0.15) is 8.42 Å². The van der Waals surface area contributed by atoms with Crippen LogP contribution in [-0.4, -0.2) is 8.42 Å². The number of nitrogens with two attached hydrogens (primary N) is 1. The van der Waals surface area contributed by atoms with Crippen LogP contribution >= 0.6 is 0 Å². The van der Waals surface area contributed by atoms with E-state index in [-0.39, 0.29) is 16.1 Å². The number of rotatable bonds is 1. The first kappa shape index (κ1) is 9.98. The van der Waals surface area contributed by atoms with Crippen molar-refractivity contribution in [3.8, 4) is 0 Å². The van der Waals surface area contributed by atoms with E-state index >= 15 is 0 Å². The number of hydrogen-bond donors (Lipinski definition) is 1. The van der Waals surface area contributed by atoms with Crippen molar-refractivity contribution in [2.24, 2.45) is 0 Å². The minimum absolute atomic E-state index is 0.258. The van der Waals surface area contributed by atoms with Gasteiger partial charge in [0.25, 0.3) is 0 Å². The third kappa shape index (κ3) is 1.98. The third-order valence-corrected chi connectivity index (χ3v) is 2.76. The molecule has 0 aliphatic rings. The molecule has 0 saturated carbocycles. The molecule has 0 atom stereocenters. The summed E-state index contributed by atoms with van der Waals surface area (Å²) in [5.41, 5.74) is 6.66. The SMILES string of the molecule is Cc1cc(N)c(C)c(S(=O)(=O)F)c1. The van der Waals surface area contributed by atoms with Crippen molar-refractivity contribution in [1.29, 1.82) is 0 Å². The Morgan fingerprint density at radius 2 is 1.85 bits per heavy atom. The molecule has 1 rings (SSSR count). The molecule has 0 bridgehead atoms. The van der Waals surface area contributed by atoms with Gasteiger partial charge in [0.2, 0.25) is 0 Å². The maximum atomic E-state index is 12.7. The van der Waals surface area contributed by atoms with E-state index in [9.17, 15) is 12.3 Å². The van der Waals surface area contributed by atoms with Gasteiger partial charge in [-0.15, -0.1) is 3.89 Å². The number of nitrogen functional groups attached to an aromatic ring is 1. The molecule has 0 heterocycles. The standard InChI is InChI=1S/C8H10FNO2S/c1-5-3-7(10)6(2)8(4-5)13(9,11)12/h3-4H,10H2,1-2H3. The zero-order valence-electron chi connectivity index (χ0n) is 7.33. The lowest BCUT2D eigenvalue weighted by Crippen LogP contribution is -2.00. The van der Waals surface area contributed by atoms with Gasteiger partial charge < -0.3 is 5.73 Å². The summed E-state index contributed by atoms with van der Waals surface area (Å²) in [6.45, 7) is 3.13. The largest absolute Gasteiger partial charge is 0.398 e. The molecular formula is C8H10FNO2S. The van der Waals surface area contributed by atoms with E-state index in [0.717, 1.165) is 0 Å². The lowest BCUT2D eigenvalue weighted by Gasteiger charge is -2.05. The van der Waals surface area contributed by atoms with Gasteiger partial charge in [0.05, 0.1) is 0 Å². The number of anilines is 1. The Bertz CT molecular complexity index is 440. The quantitative estimate of drug-likeness (QED) is 0.556. The number of benzene rings is 1. The normalized spacial score (nSPS) is 11.6. The van der Waals surface area contributed by atoms with Crippen LogP contribution in [0, 0.1) is 13.8 Å². The topological polar surface area (TPSA) is 60.2 Å². The molecule has 2 N–H and O–H groups in total. The average molecular weight is 203 g/mol. The molecule has 72 valence electrons. The van der Waals surface area contributed by atoms with Crippen molar-refractivity contribution in [3.05, 3.63) is 23.3 Å². The Morgan fingerprint density at radius 3 is 2.31 bits per heavy atom. The van der Waals surface area contributed by atoms with Gasteiger partial charge in [-0.25, -0.2) is 0 Å². The number of hydrogen-bond acceptors (Lipinski definition) is 3. The van der Waals surface area contributed by atoms with Gasteiger partial charge in [-0.05, 0) is 37.1 Å². The summed E-state index contributed by atoms with van der Waals surface area (Å²) >= 11 is 0. The highest BCUT2D eigenvalue weighted by atomic mass is 32.3. The lowest BCUT2D eigenvalue weighted by atomic mass is 10.1. The molecule has 1 aromatic carbocycles. The Hall–Kier alpha value is -1.10. The van der Waals surface area contributed by atoms with E-state index in [1.807, 2.05) is 0 Å². The molecule has 3 nitrogen and oxygen atoms in total. The van der Waals surface area contributed by atoms with Crippen LogP contribution in [0.3, 0.4) is 0 Å². The van der Waals surface area contributed by atoms with E-state index < -0.39 is 10.2 Å². The van der Waals surface area contributed by atoms with Crippen molar-refractivity contribution < 1.29 is 12.3 Å². The average Bonchev–Trinajstić information content (AvgIpc) is 1.94. The molecule has 0 aliphatic heterocycles. The van der Waals surface area contributed by atoms with Crippen molar-refractivity contribution in [3.63, 3.8) is 0 Å². The van der Waals surface area contributed by atoms with Crippen LogP contribution in [-0.2, 0) is 10.2 Å². The Morgan fingerprint density at radius 1 is 1.31 bits per heavy atom. The van der Waals surface area contributed by atoms with Crippen molar-refractivity contribution in [2.75, 3.05) is 5.73 Å². The first-order valence-electron chi connectivity index (χ1n) is 3.64. The first-order chi connectivity index (χ1) is 5.82. The molecule has 0 fully saturated rings. The van der Waals surface area contributed by atoms with Gasteiger partial charge in [-0.1, -0.05) is 0 Å². The minimum Gasteiger partial charge on any atom is -0.398 e. The maximum Gasteiger partial charge on any atom is 0.332 e. The highest BCUT2D eigenvalue weighted by Gasteiger charge is 2.16. The summed E-state index contributed by atoms with van der Waals surface area (Å²) in [4.78, 5) is -0.343. The molecule has 1 aromatic rings. The third-order valence-electron chi connectivity index (χ3n) is 1.81. The molecule has 0 aliphatic carbocycles. The monoisotopic (exact) mass is 203 g/mol. The van der Waals surface area contributed by atoms with Crippen LogP contribution in [0.1, 0.15) is 11.1 Å². The second-order valence-electron chi connectivity index (χ2n) is 2.92. The van der Waals surface area contributed by atoms with Crippen molar-refractivity contribution in [1.82, 2.24) is 0 Å². The van der Waals surface area contributed by atoms with E-state index in [2.05, 4.69) is 0 Å². The zero-order chi connectivity index (χ0) is 10.2. The fourth-order valence-electron chi connectivity index (χ4n) is 1.11. The second-order valence-corrected chi connectivity index (χ2v) is 4.23. The molecule has 0 amide bonds. The van der Waals surface area contributed by atoms with Gasteiger partial charge >= 0.3 is 10.2 Å². The fraction of sp³-hybridized carbons (Fsp3) is 0.250. The van der Waals surface area contributed by atoms with Gasteiger partial charge in [0, 0.05) is 5.69 Å². The van der Waals surface area contributed by atoms with Crippen LogP contribution in [0.15, 0.2) is 17.0 Å². The highest BCUT2D eigenvalue weighted by Crippen LogP contribution is 2.24. The predicted octanol–water partition coefficient (Wildman–Crippen LogP) is 1.54. The summed E-state index contributed by atoms with van der Waals surface area (Å²) in [6.07, 6.45) is 0. The Kier molecular flexibility index (Phi) is 2.30. The van der Waals surface area contributed by atoms with Gasteiger partial charge in [0.15, 0.2) is 0 Å². The lowest BCUT2D eigenvalue weighted by molar-refractivity contribution is 0.551. The van der Waals surface area contributed by atoms with Crippen LogP contribution < -0.4 is 5.73 Å². The van der Waals surface area contributed by atoms with E-state index in [1.54, 1.807) is 13.0 Å². The summed E-state index contributed by atoms with van der Waals surface area (Å²) in [5, 5.41) is 0. The molecule has 5 heteroatoms. The molecule has 0 radical (unpaired) electrons. The molecule has 13 heavy (non-hydrogen) atoms. The fourth-order valence-corrected chi connectivity index (χ4v) is 1.92. The Labute approximate surface area is 76.6 Å². The minimum atomic E-state index is -4.66. The molecular weight excluding hydrogens is 193 g/mol. The van der Waals surface area contributed by atoms with Crippen LogP contribution in [0.2, 0.25) is 0 Å². The maximum absolute atomic E-state index is 12.7. The van der Waals surface area contributed by atoms with E-state index in [0.29, 0.717) is 5.56 Å². The summed E-state index contributed by atoms with van der Waals surface area (Å²) in [5.74, 6) is 0. The predicted molar refractivity (Wildman–Crippen MR) is 48.6 cm³/mol. The van der Waals surface area contributed by atoms with Crippen LogP contribution in [0.4, 0.5) is 9.57 Å². The summed E-state index contributed by atoms with van der Waals surface area (Å²) < 4.78 is 33.9. The van der Waals surface area contributed by atoms with Gasteiger partial charge in [0.1, 0.15) is 4.90 Å². The van der Waals surface area contributed by atoms with Crippen molar-refractivity contribution >= 4 is 15.9 Å². The first-order valence-corrected chi connectivity index (χ1v) is 5.02. The summed E-state index contributed by atoms with van der Waals surface area (Å²) in [7, 11) is -4.66. The van der Waals surface area contributed by atoms with E-state index in [4.69, 9.17) is 5.73 Å². The second kappa shape index (κ2) is 2.99. The number of aryl methyl sites for hydroxylation is 1. The van der Waals surface area contributed by atoms with E-state index in [1.165, 1.54) is 13.0 Å². The highest BCUT2D eigenvalue weighted by molar-refractivity contribution is 7.86. The van der Waals surface area contributed by atoms with Crippen LogP contribution in [0.25, 0.3) is 0 Å². The molecule has 0 unspecified atom stereocenters. The van der Waals surface area contributed by atoms with Crippen molar-refractivity contribution in [2.45, 2.75) is 18.7 Å². The zero-order valence-corrected chi connectivity index (χ0v) is 8.15. The number of halogens is 1. The van der Waals surface area contributed by atoms with Gasteiger partial charge in [-0.3, -0.25) is 0 Å². The molecule has 0 spiro atoms. The smallest absolute Gasteiger partial charge is 0.332 e. The Balaban J connectivity index is 3.56. The molecule has 0 aromatic heterocycles. The van der Waals surface area contributed by atoms with Crippen LogP contribution in [0.5, 0.6) is 0 Å². The molecule has 0 saturated heterocycles. The summed E-state index contributed by atoms with van der Waals surface area (Å²) in [6, 6.07) is 2.87.